The van der Waals surface area contributed by atoms with E-state index in [-0.39, 0.29) is 11.8 Å². The van der Waals surface area contributed by atoms with E-state index >= 15 is 0 Å². The molecule has 1 N–H and O–H groups in total. The molecule has 3 rings (SSSR count). The zero-order valence-corrected chi connectivity index (χ0v) is 12.6. The number of benzene rings is 2. The highest BCUT2D eigenvalue weighted by Crippen LogP contribution is 2.20. The van der Waals surface area contributed by atoms with Crippen molar-refractivity contribution in [2.75, 3.05) is 5.32 Å². The quantitative estimate of drug-likeness (QED) is 0.800. The predicted octanol–water partition coefficient (Wildman–Crippen LogP) is 3.74. The molecule has 0 saturated carbocycles. The van der Waals surface area contributed by atoms with Crippen LogP contribution in [-0.2, 0) is 0 Å². The van der Waals surface area contributed by atoms with Crippen LogP contribution in [0.1, 0.15) is 21.8 Å². The van der Waals surface area contributed by atoms with E-state index in [0.29, 0.717) is 11.3 Å². The smallest absolute Gasteiger partial charge is 0.313 e. The van der Waals surface area contributed by atoms with Crippen LogP contribution in [0.5, 0.6) is 0 Å². The van der Waals surface area contributed by atoms with E-state index in [1.54, 1.807) is 12.1 Å². The van der Waals surface area contributed by atoms with Gasteiger partial charge >= 0.3 is 11.8 Å². The van der Waals surface area contributed by atoms with Crippen molar-refractivity contribution in [2.24, 2.45) is 0 Å². The van der Waals surface area contributed by atoms with Gasteiger partial charge in [0.05, 0.1) is 0 Å². The number of amides is 1. The Morgan fingerprint density at radius 3 is 2.65 bits per heavy atom. The summed E-state index contributed by atoms with van der Waals surface area (Å²) in [5.41, 5.74) is 3.26. The van der Waals surface area contributed by atoms with Crippen molar-refractivity contribution < 1.29 is 13.6 Å². The fraction of sp³-hybridized carbons (Fsp3) is 0.118. The lowest BCUT2D eigenvalue weighted by molar-refractivity contribution is 0.0991. The van der Waals surface area contributed by atoms with Crippen LogP contribution in [0.15, 0.2) is 46.9 Å². The van der Waals surface area contributed by atoms with Gasteiger partial charge in [0, 0.05) is 11.3 Å². The van der Waals surface area contributed by atoms with Gasteiger partial charge in [-0.3, -0.25) is 4.79 Å². The molecule has 0 radical (unpaired) electrons. The largest absolute Gasteiger partial charge is 0.412 e. The molecule has 2 aromatic carbocycles. The monoisotopic (exact) mass is 311 g/mol. The first-order valence-electron chi connectivity index (χ1n) is 7.01. The number of aryl methyl sites for hydroxylation is 2. The lowest BCUT2D eigenvalue weighted by Gasteiger charge is -2.05. The first-order valence-corrected chi connectivity index (χ1v) is 7.01. The number of hydrogen-bond donors (Lipinski definition) is 1. The second-order valence-electron chi connectivity index (χ2n) is 5.18. The fourth-order valence-corrected chi connectivity index (χ4v) is 2.06. The molecule has 1 amide bonds. The number of aromatic nitrogens is 2. The van der Waals surface area contributed by atoms with Crippen molar-refractivity contribution in [1.82, 2.24) is 10.2 Å². The molecule has 0 aliphatic carbocycles. The maximum Gasteiger partial charge on any atom is 0.313 e. The Labute approximate surface area is 132 Å². The lowest BCUT2D eigenvalue weighted by Crippen LogP contribution is -2.12. The van der Waals surface area contributed by atoms with Gasteiger partial charge in [0.25, 0.3) is 0 Å². The van der Waals surface area contributed by atoms with E-state index in [9.17, 15) is 9.18 Å². The number of carbonyl (C=O) groups is 1. The molecule has 0 bridgehead atoms. The van der Waals surface area contributed by atoms with Crippen molar-refractivity contribution in [2.45, 2.75) is 13.8 Å². The van der Waals surface area contributed by atoms with Crippen molar-refractivity contribution in [1.29, 1.82) is 0 Å². The molecule has 3 aromatic rings. The van der Waals surface area contributed by atoms with Gasteiger partial charge in [-0.2, -0.15) is 0 Å². The minimum Gasteiger partial charge on any atom is -0.412 e. The average molecular weight is 311 g/mol. The number of rotatable bonds is 3. The molecule has 0 saturated heterocycles. The fourth-order valence-electron chi connectivity index (χ4n) is 2.06. The minimum atomic E-state index is -0.511. The van der Waals surface area contributed by atoms with Crippen LogP contribution in [0.4, 0.5) is 10.1 Å². The van der Waals surface area contributed by atoms with E-state index in [0.717, 1.165) is 11.1 Å². The van der Waals surface area contributed by atoms with Crippen molar-refractivity contribution >= 4 is 11.6 Å². The summed E-state index contributed by atoms with van der Waals surface area (Å²) in [6.07, 6.45) is 0. The van der Waals surface area contributed by atoms with Gasteiger partial charge in [0.15, 0.2) is 0 Å². The summed E-state index contributed by atoms with van der Waals surface area (Å²) in [5, 5.41) is 10.2. The Kier molecular flexibility index (Phi) is 3.89. The van der Waals surface area contributed by atoms with Gasteiger partial charge in [0.2, 0.25) is 5.89 Å². The third-order valence-electron chi connectivity index (χ3n) is 3.46. The summed E-state index contributed by atoms with van der Waals surface area (Å²) < 4.78 is 18.5. The van der Waals surface area contributed by atoms with Gasteiger partial charge < -0.3 is 9.73 Å². The Morgan fingerprint density at radius 1 is 1.09 bits per heavy atom. The first-order chi connectivity index (χ1) is 11.0. The standard InChI is InChI=1S/C17H14FN3O2/c1-10-6-7-14(8-11(10)2)19-15(22)17-21-20-16(23-17)12-4-3-5-13(18)9-12/h3-9H,1-2H3,(H,19,22). The first kappa shape index (κ1) is 14.9. The molecule has 1 aromatic heterocycles. The molecule has 116 valence electrons. The van der Waals surface area contributed by atoms with Crippen LogP contribution in [0, 0.1) is 19.7 Å². The number of nitrogens with zero attached hydrogens (tertiary/aromatic N) is 2. The normalized spacial score (nSPS) is 10.6. The third kappa shape index (κ3) is 3.26. The molecular formula is C17H14FN3O2. The van der Waals surface area contributed by atoms with E-state index in [4.69, 9.17) is 4.42 Å². The number of halogens is 1. The van der Waals surface area contributed by atoms with E-state index < -0.39 is 11.7 Å². The highest BCUT2D eigenvalue weighted by atomic mass is 19.1. The minimum absolute atomic E-state index is 0.0923. The summed E-state index contributed by atoms with van der Waals surface area (Å²) >= 11 is 0. The second-order valence-corrected chi connectivity index (χ2v) is 5.18. The Balaban J connectivity index is 1.79. The lowest BCUT2D eigenvalue weighted by atomic mass is 10.1. The summed E-state index contributed by atoms with van der Waals surface area (Å²) in [5.74, 6) is -1.01. The number of carbonyl (C=O) groups excluding carboxylic acids is 1. The van der Waals surface area contributed by atoms with Crippen LogP contribution < -0.4 is 5.32 Å². The molecule has 0 fully saturated rings. The number of anilines is 1. The van der Waals surface area contributed by atoms with E-state index in [2.05, 4.69) is 15.5 Å². The molecule has 0 spiro atoms. The third-order valence-corrected chi connectivity index (χ3v) is 3.46. The van der Waals surface area contributed by atoms with Crippen LogP contribution in [0.2, 0.25) is 0 Å². The van der Waals surface area contributed by atoms with Gasteiger partial charge in [-0.15, -0.1) is 10.2 Å². The summed E-state index contributed by atoms with van der Waals surface area (Å²) in [6.45, 7) is 3.95. The van der Waals surface area contributed by atoms with Crippen molar-refractivity contribution in [3.8, 4) is 11.5 Å². The van der Waals surface area contributed by atoms with Gasteiger partial charge in [-0.25, -0.2) is 4.39 Å². The molecule has 6 heteroatoms. The highest BCUT2D eigenvalue weighted by Gasteiger charge is 2.16. The molecule has 5 nitrogen and oxygen atoms in total. The van der Waals surface area contributed by atoms with Gasteiger partial charge in [0.1, 0.15) is 5.82 Å². The zero-order chi connectivity index (χ0) is 16.4. The van der Waals surface area contributed by atoms with Crippen LogP contribution in [0.25, 0.3) is 11.5 Å². The van der Waals surface area contributed by atoms with Gasteiger partial charge in [-0.1, -0.05) is 12.1 Å². The molecule has 0 aliphatic rings. The van der Waals surface area contributed by atoms with Crippen LogP contribution >= 0.6 is 0 Å². The van der Waals surface area contributed by atoms with Crippen LogP contribution in [0.3, 0.4) is 0 Å². The zero-order valence-electron chi connectivity index (χ0n) is 12.6. The summed E-state index contributed by atoms with van der Waals surface area (Å²) in [7, 11) is 0. The van der Waals surface area contributed by atoms with E-state index in [1.165, 1.54) is 18.2 Å². The van der Waals surface area contributed by atoms with Crippen molar-refractivity contribution in [3.63, 3.8) is 0 Å². The average Bonchev–Trinajstić information content (AvgIpc) is 3.01. The Bertz CT molecular complexity index is 874. The Morgan fingerprint density at radius 2 is 1.91 bits per heavy atom. The number of hydrogen-bond acceptors (Lipinski definition) is 4. The summed E-state index contributed by atoms with van der Waals surface area (Å²) in [4.78, 5) is 12.1. The Hall–Kier alpha value is -3.02. The van der Waals surface area contributed by atoms with Crippen molar-refractivity contribution in [3.05, 3.63) is 65.3 Å². The molecule has 0 unspecified atom stereocenters. The molecule has 1 heterocycles. The maximum atomic E-state index is 13.2. The number of nitrogens with one attached hydrogen (secondary N) is 1. The SMILES string of the molecule is Cc1ccc(NC(=O)c2nnc(-c3cccc(F)c3)o2)cc1C. The molecule has 0 aliphatic heterocycles. The maximum absolute atomic E-state index is 13.2. The highest BCUT2D eigenvalue weighted by molar-refractivity contribution is 6.01. The molecule has 23 heavy (non-hydrogen) atoms. The second kappa shape index (κ2) is 6.00. The molecular weight excluding hydrogens is 297 g/mol. The molecule has 0 atom stereocenters. The van der Waals surface area contributed by atoms with E-state index in [1.807, 2.05) is 26.0 Å². The summed E-state index contributed by atoms with van der Waals surface area (Å²) in [6, 6.07) is 11.3. The predicted molar refractivity (Wildman–Crippen MR) is 83.6 cm³/mol. The van der Waals surface area contributed by atoms with Crippen LogP contribution in [-0.4, -0.2) is 16.1 Å². The topological polar surface area (TPSA) is 68.0 Å². The van der Waals surface area contributed by atoms with Gasteiger partial charge in [-0.05, 0) is 55.3 Å².